The number of nitriles is 1. The zero-order valence-corrected chi connectivity index (χ0v) is 16.1. The summed E-state index contributed by atoms with van der Waals surface area (Å²) in [6.07, 6.45) is 3.08. The van der Waals surface area contributed by atoms with Crippen molar-refractivity contribution < 1.29 is 14.3 Å². The number of nitrogens with one attached hydrogen (secondary N) is 1. The van der Waals surface area contributed by atoms with Crippen molar-refractivity contribution >= 4 is 35.0 Å². The van der Waals surface area contributed by atoms with E-state index in [1.54, 1.807) is 36.4 Å². The highest BCUT2D eigenvalue weighted by Crippen LogP contribution is 2.29. The van der Waals surface area contributed by atoms with E-state index in [9.17, 15) is 4.79 Å². The Labute approximate surface area is 163 Å². The fraction of sp³-hybridized carbons (Fsp3) is 0.200. The summed E-state index contributed by atoms with van der Waals surface area (Å²) in [5.41, 5.74) is 2.23. The van der Waals surface area contributed by atoms with Crippen molar-refractivity contribution in [2.45, 2.75) is 0 Å². The first-order chi connectivity index (χ1) is 12.9. The normalized spacial score (nSPS) is 10.3. The van der Waals surface area contributed by atoms with Crippen LogP contribution in [0, 0.1) is 11.3 Å². The second kappa shape index (κ2) is 9.51. The Bertz CT molecular complexity index is 889. The van der Waals surface area contributed by atoms with Crippen LogP contribution in [0.2, 0.25) is 5.02 Å². The molecule has 2 aromatic rings. The number of carbonyl (C=O) groups is 1. The molecule has 0 aliphatic rings. The standard InChI is InChI=1S/C20H20ClN3O3/c1-24(2)17-7-6-15(21)13-16(17)23-20(25)9-5-14-4-8-18(27-11-10-22)19(12-14)26-3/h4-9,12-13H,11H2,1-3H3,(H,23,25). The summed E-state index contributed by atoms with van der Waals surface area (Å²) in [6.45, 7) is -0.0677. The molecule has 0 spiro atoms. The van der Waals surface area contributed by atoms with Crippen LogP contribution >= 0.6 is 11.6 Å². The fourth-order valence-electron chi connectivity index (χ4n) is 2.36. The largest absolute Gasteiger partial charge is 0.493 e. The molecule has 0 unspecified atom stereocenters. The van der Waals surface area contributed by atoms with Gasteiger partial charge in [0.25, 0.3) is 0 Å². The summed E-state index contributed by atoms with van der Waals surface area (Å²) in [7, 11) is 5.28. The first-order valence-electron chi connectivity index (χ1n) is 8.08. The molecule has 0 radical (unpaired) electrons. The molecule has 2 rings (SSSR count). The monoisotopic (exact) mass is 385 g/mol. The number of anilines is 2. The molecule has 0 heterocycles. The van der Waals surface area contributed by atoms with Gasteiger partial charge < -0.3 is 19.7 Å². The van der Waals surface area contributed by atoms with Crippen molar-refractivity contribution in [1.29, 1.82) is 5.26 Å². The molecule has 0 saturated heterocycles. The van der Waals surface area contributed by atoms with Crippen molar-refractivity contribution in [2.24, 2.45) is 0 Å². The van der Waals surface area contributed by atoms with E-state index < -0.39 is 0 Å². The molecule has 27 heavy (non-hydrogen) atoms. The molecule has 1 amide bonds. The predicted octanol–water partition coefficient (Wildman–Crippen LogP) is 3.97. The Morgan fingerprint density at radius 2 is 2.04 bits per heavy atom. The van der Waals surface area contributed by atoms with Gasteiger partial charge in [-0.3, -0.25) is 4.79 Å². The third kappa shape index (κ3) is 5.66. The molecule has 0 saturated carbocycles. The maximum Gasteiger partial charge on any atom is 0.248 e. The van der Waals surface area contributed by atoms with Crippen LogP contribution in [0.25, 0.3) is 6.08 Å². The second-order valence-electron chi connectivity index (χ2n) is 5.74. The highest BCUT2D eigenvalue weighted by atomic mass is 35.5. The maximum atomic E-state index is 12.3. The summed E-state index contributed by atoms with van der Waals surface area (Å²) in [6, 6.07) is 12.4. The number of halogens is 1. The lowest BCUT2D eigenvalue weighted by molar-refractivity contribution is -0.111. The van der Waals surface area contributed by atoms with E-state index >= 15 is 0 Å². The zero-order valence-electron chi connectivity index (χ0n) is 15.3. The van der Waals surface area contributed by atoms with Gasteiger partial charge in [0.2, 0.25) is 5.91 Å². The maximum absolute atomic E-state index is 12.3. The minimum Gasteiger partial charge on any atom is -0.493 e. The predicted molar refractivity (Wildman–Crippen MR) is 108 cm³/mol. The first-order valence-corrected chi connectivity index (χ1v) is 8.46. The third-order valence-corrected chi connectivity index (χ3v) is 3.84. The number of benzene rings is 2. The van der Waals surface area contributed by atoms with Gasteiger partial charge in [-0.2, -0.15) is 5.26 Å². The van der Waals surface area contributed by atoms with Gasteiger partial charge in [0.1, 0.15) is 6.07 Å². The molecule has 0 aliphatic carbocycles. The highest BCUT2D eigenvalue weighted by molar-refractivity contribution is 6.31. The lowest BCUT2D eigenvalue weighted by Gasteiger charge is -2.17. The molecule has 0 bridgehead atoms. The Morgan fingerprint density at radius 3 is 2.70 bits per heavy atom. The van der Waals surface area contributed by atoms with E-state index in [4.69, 9.17) is 26.3 Å². The summed E-state index contributed by atoms with van der Waals surface area (Å²) in [5.74, 6) is 0.664. The van der Waals surface area contributed by atoms with Gasteiger partial charge in [0, 0.05) is 25.2 Å². The molecule has 0 aromatic heterocycles. The van der Waals surface area contributed by atoms with E-state index in [1.807, 2.05) is 31.1 Å². The number of nitrogens with zero attached hydrogens (tertiary/aromatic N) is 2. The number of methoxy groups -OCH3 is 1. The van der Waals surface area contributed by atoms with Crippen LogP contribution < -0.4 is 19.7 Å². The van der Waals surface area contributed by atoms with E-state index in [1.165, 1.54) is 13.2 Å². The van der Waals surface area contributed by atoms with Crippen molar-refractivity contribution in [1.82, 2.24) is 0 Å². The average Bonchev–Trinajstić information content (AvgIpc) is 2.64. The molecule has 6 nitrogen and oxygen atoms in total. The topological polar surface area (TPSA) is 74.6 Å². The molecule has 140 valence electrons. The SMILES string of the molecule is COc1cc(C=CC(=O)Nc2cc(Cl)ccc2N(C)C)ccc1OCC#N. The average molecular weight is 386 g/mol. The van der Waals surface area contributed by atoms with Crippen LogP contribution in [-0.4, -0.2) is 33.7 Å². The Hall–Kier alpha value is -3.17. The van der Waals surface area contributed by atoms with Gasteiger partial charge in [-0.15, -0.1) is 0 Å². The van der Waals surface area contributed by atoms with Crippen molar-refractivity contribution in [3.63, 3.8) is 0 Å². The Balaban J connectivity index is 2.13. The van der Waals surface area contributed by atoms with E-state index in [2.05, 4.69) is 5.32 Å². The number of ether oxygens (including phenoxy) is 2. The molecule has 0 atom stereocenters. The number of hydrogen-bond acceptors (Lipinski definition) is 5. The lowest BCUT2D eigenvalue weighted by Crippen LogP contribution is -2.15. The summed E-state index contributed by atoms with van der Waals surface area (Å²) in [5, 5.41) is 12.0. The highest BCUT2D eigenvalue weighted by Gasteiger charge is 2.08. The third-order valence-electron chi connectivity index (χ3n) is 3.61. The van der Waals surface area contributed by atoms with Gasteiger partial charge >= 0.3 is 0 Å². The first kappa shape index (κ1) is 20.1. The minimum absolute atomic E-state index is 0.0677. The quantitative estimate of drug-likeness (QED) is 0.730. The van der Waals surface area contributed by atoms with Crippen molar-refractivity contribution in [3.05, 3.63) is 53.1 Å². The van der Waals surface area contributed by atoms with Crippen LogP contribution in [-0.2, 0) is 4.79 Å². The summed E-state index contributed by atoms with van der Waals surface area (Å²) in [4.78, 5) is 14.2. The van der Waals surface area contributed by atoms with Crippen LogP contribution in [0.4, 0.5) is 11.4 Å². The Kier molecular flexibility index (Phi) is 7.09. The molecule has 7 heteroatoms. The number of carbonyl (C=O) groups excluding carboxylic acids is 1. The van der Waals surface area contributed by atoms with Gasteiger partial charge in [0.15, 0.2) is 18.1 Å². The van der Waals surface area contributed by atoms with Crippen LogP contribution in [0.5, 0.6) is 11.5 Å². The van der Waals surface area contributed by atoms with Gasteiger partial charge in [-0.05, 0) is 42.0 Å². The van der Waals surface area contributed by atoms with Crippen molar-refractivity contribution in [3.8, 4) is 17.6 Å². The van der Waals surface area contributed by atoms with Crippen LogP contribution in [0.15, 0.2) is 42.5 Å². The minimum atomic E-state index is -0.288. The summed E-state index contributed by atoms with van der Waals surface area (Å²) < 4.78 is 10.5. The summed E-state index contributed by atoms with van der Waals surface area (Å²) >= 11 is 6.03. The van der Waals surface area contributed by atoms with E-state index in [0.29, 0.717) is 22.2 Å². The molecule has 0 fully saturated rings. The van der Waals surface area contributed by atoms with E-state index in [-0.39, 0.29) is 12.5 Å². The van der Waals surface area contributed by atoms with Crippen LogP contribution in [0.3, 0.4) is 0 Å². The number of hydrogen-bond donors (Lipinski definition) is 1. The number of amides is 1. The fourth-order valence-corrected chi connectivity index (χ4v) is 2.53. The van der Waals surface area contributed by atoms with Gasteiger partial charge in [0.05, 0.1) is 18.5 Å². The van der Waals surface area contributed by atoms with Crippen LogP contribution in [0.1, 0.15) is 5.56 Å². The van der Waals surface area contributed by atoms with Crippen molar-refractivity contribution in [2.75, 3.05) is 38.0 Å². The molecule has 1 N–H and O–H groups in total. The van der Waals surface area contributed by atoms with Gasteiger partial charge in [-0.1, -0.05) is 17.7 Å². The molecular weight excluding hydrogens is 366 g/mol. The molecule has 0 aliphatic heterocycles. The zero-order chi connectivity index (χ0) is 19.8. The second-order valence-corrected chi connectivity index (χ2v) is 6.17. The van der Waals surface area contributed by atoms with E-state index in [0.717, 1.165) is 11.3 Å². The smallest absolute Gasteiger partial charge is 0.248 e. The molecule has 2 aromatic carbocycles. The lowest BCUT2D eigenvalue weighted by atomic mass is 10.2. The Morgan fingerprint density at radius 1 is 1.26 bits per heavy atom. The molecular formula is C20H20ClN3O3. The number of rotatable bonds is 7. The van der Waals surface area contributed by atoms with Gasteiger partial charge in [-0.25, -0.2) is 0 Å².